The van der Waals surface area contributed by atoms with Gasteiger partial charge in [0.05, 0.1) is 6.20 Å². The molecule has 2 aromatic rings. The lowest BCUT2D eigenvalue weighted by Gasteiger charge is -2.22. The van der Waals surface area contributed by atoms with Gasteiger partial charge < -0.3 is 0 Å². The van der Waals surface area contributed by atoms with Crippen LogP contribution >= 0.6 is 0 Å². The van der Waals surface area contributed by atoms with E-state index in [1.54, 1.807) is 6.20 Å². The molecule has 2 rings (SSSR count). The highest BCUT2D eigenvalue weighted by Crippen LogP contribution is 2.26. The minimum atomic E-state index is -0.0279. The summed E-state index contributed by atoms with van der Waals surface area (Å²) in [6.45, 7) is 9.26. The van der Waals surface area contributed by atoms with Crippen LogP contribution in [0.1, 0.15) is 49.2 Å². The third-order valence-corrected chi connectivity index (χ3v) is 3.41. The van der Waals surface area contributed by atoms with Gasteiger partial charge in [0.2, 0.25) is 0 Å². The van der Waals surface area contributed by atoms with Crippen molar-refractivity contribution in [3.05, 3.63) is 53.3 Å². The van der Waals surface area contributed by atoms with Gasteiger partial charge in [-0.2, -0.15) is 5.10 Å². The van der Waals surface area contributed by atoms with E-state index in [-0.39, 0.29) is 11.2 Å². The topological polar surface area (TPSA) is 34.9 Å². The third-order valence-electron chi connectivity index (χ3n) is 3.41. The average Bonchev–Trinajstić information content (AvgIpc) is 2.85. The van der Waals surface area contributed by atoms with Crippen LogP contribution in [0.4, 0.5) is 0 Å². The molecule has 106 valence electrons. The first-order chi connectivity index (χ1) is 9.41. The summed E-state index contributed by atoms with van der Waals surface area (Å²) in [7, 11) is 0. The van der Waals surface area contributed by atoms with E-state index in [0.29, 0.717) is 6.42 Å². The summed E-state index contributed by atoms with van der Waals surface area (Å²) in [4.78, 5) is 12.5. The van der Waals surface area contributed by atoms with E-state index in [0.717, 1.165) is 23.2 Å². The Bertz CT molecular complexity index is 605. The van der Waals surface area contributed by atoms with Crippen LogP contribution in [-0.4, -0.2) is 15.6 Å². The highest BCUT2D eigenvalue weighted by molar-refractivity contribution is 5.99. The largest absolute Gasteiger partial charge is 0.294 e. The average molecular weight is 270 g/mol. The summed E-state index contributed by atoms with van der Waals surface area (Å²) < 4.78 is 1.85. The third kappa shape index (κ3) is 3.16. The second-order valence-corrected chi connectivity index (χ2v) is 6.10. The van der Waals surface area contributed by atoms with E-state index >= 15 is 0 Å². The van der Waals surface area contributed by atoms with E-state index in [2.05, 4.69) is 25.9 Å². The van der Waals surface area contributed by atoms with Gasteiger partial charge >= 0.3 is 0 Å². The Morgan fingerprint density at radius 1 is 1.25 bits per heavy atom. The number of aromatic nitrogens is 2. The van der Waals surface area contributed by atoms with Gasteiger partial charge in [0.25, 0.3) is 0 Å². The van der Waals surface area contributed by atoms with Crippen LogP contribution in [0.2, 0.25) is 0 Å². The van der Waals surface area contributed by atoms with Crippen molar-refractivity contribution >= 4 is 5.78 Å². The zero-order chi connectivity index (χ0) is 14.8. The lowest BCUT2D eigenvalue weighted by Crippen LogP contribution is -2.17. The first-order valence-corrected chi connectivity index (χ1v) is 7.06. The van der Waals surface area contributed by atoms with E-state index in [1.165, 1.54) is 0 Å². The molecule has 0 unspecified atom stereocenters. The lowest BCUT2D eigenvalue weighted by molar-refractivity contribution is 0.0991. The second kappa shape index (κ2) is 5.61. The predicted molar refractivity (Wildman–Crippen MR) is 81.1 cm³/mol. The number of carbonyl (C=O) groups is 1. The van der Waals surface area contributed by atoms with Gasteiger partial charge in [-0.1, -0.05) is 45.0 Å². The molecule has 1 aromatic heterocycles. The van der Waals surface area contributed by atoms with Crippen molar-refractivity contribution in [2.24, 2.45) is 0 Å². The summed E-state index contributed by atoms with van der Waals surface area (Å²) >= 11 is 0. The van der Waals surface area contributed by atoms with Crippen molar-refractivity contribution in [3.63, 3.8) is 0 Å². The Kier molecular flexibility index (Phi) is 4.07. The molecule has 0 radical (unpaired) electrons. The number of hydrogen-bond acceptors (Lipinski definition) is 2. The first kappa shape index (κ1) is 14.5. The summed E-state index contributed by atoms with van der Waals surface area (Å²) in [5.41, 5.74) is 2.87. The molecule has 0 aliphatic heterocycles. The molecule has 1 aromatic carbocycles. The van der Waals surface area contributed by atoms with Crippen molar-refractivity contribution in [2.45, 2.75) is 46.1 Å². The number of aryl methyl sites for hydroxylation is 1. The first-order valence-electron chi connectivity index (χ1n) is 7.06. The Morgan fingerprint density at radius 2 is 1.95 bits per heavy atom. The van der Waals surface area contributed by atoms with E-state index in [1.807, 2.05) is 42.1 Å². The Morgan fingerprint density at radius 3 is 2.55 bits per heavy atom. The molecule has 0 fully saturated rings. The van der Waals surface area contributed by atoms with Crippen molar-refractivity contribution < 1.29 is 4.79 Å². The fourth-order valence-electron chi connectivity index (χ4n) is 2.33. The highest BCUT2D eigenvalue weighted by Gasteiger charge is 2.21. The molecule has 0 bridgehead atoms. The summed E-state index contributed by atoms with van der Waals surface area (Å²) in [6.07, 6.45) is 4.13. The minimum absolute atomic E-state index is 0.0279. The molecule has 0 N–H and O–H groups in total. The standard InChI is InChI=1S/C17H22N2O/c1-5-19-12-13(11-18-19)10-16(20)14-8-6-7-9-15(14)17(2,3)4/h6-9,11-12H,5,10H2,1-4H3. The molecule has 0 atom stereocenters. The van der Waals surface area contributed by atoms with E-state index < -0.39 is 0 Å². The van der Waals surface area contributed by atoms with Gasteiger partial charge in [0, 0.05) is 24.7 Å². The maximum absolute atomic E-state index is 12.5. The number of ketones is 1. The molecule has 0 amide bonds. The number of benzene rings is 1. The molecule has 20 heavy (non-hydrogen) atoms. The molecule has 0 saturated carbocycles. The van der Waals surface area contributed by atoms with Crippen LogP contribution in [0, 0.1) is 0 Å². The van der Waals surface area contributed by atoms with Crippen molar-refractivity contribution in [1.82, 2.24) is 9.78 Å². The summed E-state index contributed by atoms with van der Waals surface area (Å²) in [5.74, 6) is 0.158. The molecule has 3 nitrogen and oxygen atoms in total. The number of carbonyl (C=O) groups excluding carboxylic acids is 1. The maximum Gasteiger partial charge on any atom is 0.167 e. The van der Waals surface area contributed by atoms with E-state index in [9.17, 15) is 4.79 Å². The molecule has 0 spiro atoms. The monoisotopic (exact) mass is 270 g/mol. The molecule has 0 saturated heterocycles. The van der Waals surface area contributed by atoms with Gasteiger partial charge in [0.1, 0.15) is 0 Å². The zero-order valence-corrected chi connectivity index (χ0v) is 12.7. The number of Topliss-reactive ketones (excluding diaryl/α,β-unsaturated/α-hetero) is 1. The second-order valence-electron chi connectivity index (χ2n) is 6.10. The molecule has 0 aliphatic rings. The van der Waals surface area contributed by atoms with Crippen molar-refractivity contribution in [1.29, 1.82) is 0 Å². The van der Waals surface area contributed by atoms with Gasteiger partial charge in [-0.15, -0.1) is 0 Å². The van der Waals surface area contributed by atoms with Gasteiger partial charge in [-0.25, -0.2) is 0 Å². The Hall–Kier alpha value is -1.90. The van der Waals surface area contributed by atoms with Crippen LogP contribution in [0.3, 0.4) is 0 Å². The van der Waals surface area contributed by atoms with Crippen LogP contribution in [0.15, 0.2) is 36.7 Å². The predicted octanol–water partition coefficient (Wildman–Crippen LogP) is 3.63. The fraction of sp³-hybridized carbons (Fsp3) is 0.412. The number of hydrogen-bond donors (Lipinski definition) is 0. The van der Waals surface area contributed by atoms with Crippen LogP contribution in [0.25, 0.3) is 0 Å². The smallest absolute Gasteiger partial charge is 0.167 e. The Balaban J connectivity index is 2.25. The van der Waals surface area contributed by atoms with Crippen LogP contribution < -0.4 is 0 Å². The van der Waals surface area contributed by atoms with E-state index in [4.69, 9.17) is 0 Å². The number of rotatable bonds is 4. The van der Waals surface area contributed by atoms with Gasteiger partial charge in [-0.05, 0) is 23.5 Å². The van der Waals surface area contributed by atoms with Crippen molar-refractivity contribution in [2.75, 3.05) is 0 Å². The molecule has 0 aliphatic carbocycles. The normalized spacial score (nSPS) is 11.6. The van der Waals surface area contributed by atoms with Gasteiger partial charge in [0.15, 0.2) is 5.78 Å². The SMILES string of the molecule is CCn1cc(CC(=O)c2ccccc2C(C)(C)C)cn1. The highest BCUT2D eigenvalue weighted by atomic mass is 16.1. The maximum atomic E-state index is 12.5. The quantitative estimate of drug-likeness (QED) is 0.795. The molecular formula is C17H22N2O. The molecular weight excluding hydrogens is 248 g/mol. The summed E-state index contributed by atoms with van der Waals surface area (Å²) in [6, 6.07) is 7.89. The van der Waals surface area contributed by atoms with Crippen LogP contribution in [0.5, 0.6) is 0 Å². The Labute approximate surface area is 120 Å². The van der Waals surface area contributed by atoms with Crippen LogP contribution in [-0.2, 0) is 18.4 Å². The van der Waals surface area contributed by atoms with Crippen molar-refractivity contribution in [3.8, 4) is 0 Å². The minimum Gasteiger partial charge on any atom is -0.294 e. The molecule has 3 heteroatoms. The fourth-order valence-corrected chi connectivity index (χ4v) is 2.33. The summed E-state index contributed by atoms with van der Waals surface area (Å²) in [5, 5.41) is 4.22. The number of nitrogens with zero attached hydrogens (tertiary/aromatic N) is 2. The zero-order valence-electron chi connectivity index (χ0n) is 12.7. The lowest BCUT2D eigenvalue weighted by atomic mass is 9.82. The van der Waals surface area contributed by atoms with Gasteiger partial charge in [-0.3, -0.25) is 9.48 Å². The molecule has 1 heterocycles.